The van der Waals surface area contributed by atoms with Crippen molar-refractivity contribution in [3.8, 4) is 0 Å². The van der Waals surface area contributed by atoms with Gasteiger partial charge in [-0.1, -0.05) is 0 Å². The van der Waals surface area contributed by atoms with Crippen LogP contribution in [0.1, 0.15) is 25.7 Å². The Hall–Kier alpha value is -1.91. The Morgan fingerprint density at radius 2 is 1.90 bits per heavy atom. The molecule has 5 heteroatoms. The highest BCUT2D eigenvalue weighted by Crippen LogP contribution is 2.40. The number of hydrogen-bond donors (Lipinski definition) is 0. The van der Waals surface area contributed by atoms with Gasteiger partial charge in [-0.15, -0.1) is 0 Å². The molecule has 20 heavy (non-hydrogen) atoms. The lowest BCUT2D eigenvalue weighted by Crippen LogP contribution is -2.38. The summed E-state index contributed by atoms with van der Waals surface area (Å²) in [6.45, 7) is 0.475. The van der Waals surface area contributed by atoms with E-state index in [1.54, 1.807) is 17.0 Å². The highest BCUT2D eigenvalue weighted by atomic mass is 19.1. The molecule has 1 aromatic rings. The van der Waals surface area contributed by atoms with Crippen LogP contribution in [-0.2, 0) is 9.53 Å². The predicted octanol–water partition coefficient (Wildman–Crippen LogP) is 2.91. The maximum Gasteiger partial charge on any atom is 0.415 e. The molecule has 1 aromatic carbocycles. The Bertz CT molecular complexity index is 520. The second-order valence-electron chi connectivity index (χ2n) is 5.59. The number of halogens is 1. The maximum absolute atomic E-state index is 12.9. The lowest BCUT2D eigenvalue weighted by atomic mass is 9.79. The minimum Gasteiger partial charge on any atom is -0.441 e. The number of rotatable bonds is 2. The number of benzene rings is 1. The van der Waals surface area contributed by atoms with E-state index in [1.165, 1.54) is 12.1 Å². The van der Waals surface area contributed by atoms with Crippen molar-refractivity contribution in [1.29, 1.82) is 0 Å². The Morgan fingerprint density at radius 3 is 2.50 bits per heavy atom. The monoisotopic (exact) mass is 277 g/mol. The molecule has 0 aromatic heterocycles. The van der Waals surface area contributed by atoms with Crippen molar-refractivity contribution < 1.29 is 18.7 Å². The second-order valence-corrected chi connectivity index (χ2v) is 5.59. The number of nitrogens with zero attached hydrogens (tertiary/aromatic N) is 1. The van der Waals surface area contributed by atoms with Crippen LogP contribution >= 0.6 is 0 Å². The van der Waals surface area contributed by atoms with Gasteiger partial charge in [-0.05, 0) is 49.9 Å². The molecular weight excluding hydrogens is 261 g/mol. The number of ether oxygens (including phenoxy) is 1. The van der Waals surface area contributed by atoms with Gasteiger partial charge in [0.25, 0.3) is 0 Å². The van der Waals surface area contributed by atoms with E-state index in [0.717, 1.165) is 19.1 Å². The van der Waals surface area contributed by atoms with Gasteiger partial charge in [0.15, 0.2) is 0 Å². The Morgan fingerprint density at radius 1 is 1.25 bits per heavy atom. The third-order valence-electron chi connectivity index (χ3n) is 4.24. The normalized spacial score (nSPS) is 29.6. The number of anilines is 1. The number of carbonyl (C=O) groups is 2. The van der Waals surface area contributed by atoms with Crippen LogP contribution in [-0.4, -0.2) is 24.5 Å². The Balaban J connectivity index is 1.75. The van der Waals surface area contributed by atoms with Crippen LogP contribution in [0.5, 0.6) is 0 Å². The van der Waals surface area contributed by atoms with Crippen LogP contribution in [0.15, 0.2) is 24.3 Å². The number of carbonyl (C=O) groups excluding carboxylic acids is 2. The molecule has 1 heterocycles. The van der Waals surface area contributed by atoms with Gasteiger partial charge in [0.2, 0.25) is 0 Å². The van der Waals surface area contributed by atoms with E-state index in [4.69, 9.17) is 4.74 Å². The van der Waals surface area contributed by atoms with E-state index < -0.39 is 5.60 Å². The minimum atomic E-state index is -0.481. The van der Waals surface area contributed by atoms with Crippen molar-refractivity contribution in [1.82, 2.24) is 0 Å². The van der Waals surface area contributed by atoms with Crippen molar-refractivity contribution in [3.63, 3.8) is 0 Å². The van der Waals surface area contributed by atoms with E-state index in [0.29, 0.717) is 25.1 Å². The molecule has 0 radical (unpaired) electrons. The fraction of sp³-hybridized carbons (Fsp3) is 0.467. The van der Waals surface area contributed by atoms with Crippen molar-refractivity contribution in [3.05, 3.63) is 30.1 Å². The third kappa shape index (κ3) is 2.28. The van der Waals surface area contributed by atoms with Gasteiger partial charge in [0, 0.05) is 11.6 Å². The quantitative estimate of drug-likeness (QED) is 0.781. The molecule has 1 saturated carbocycles. The summed E-state index contributed by atoms with van der Waals surface area (Å²) in [4.78, 5) is 24.4. The lowest BCUT2D eigenvalue weighted by Gasteiger charge is -2.33. The molecule has 2 aliphatic rings. The molecule has 106 valence electrons. The fourth-order valence-corrected chi connectivity index (χ4v) is 3.01. The van der Waals surface area contributed by atoms with E-state index >= 15 is 0 Å². The molecule has 1 spiro atoms. The van der Waals surface area contributed by atoms with Crippen molar-refractivity contribution in [2.24, 2.45) is 5.92 Å². The summed E-state index contributed by atoms with van der Waals surface area (Å²) in [6.07, 6.45) is 3.53. The van der Waals surface area contributed by atoms with E-state index in [-0.39, 0.29) is 17.8 Å². The van der Waals surface area contributed by atoms with Crippen LogP contribution in [0, 0.1) is 11.7 Å². The molecule has 1 amide bonds. The van der Waals surface area contributed by atoms with Crippen LogP contribution in [0.2, 0.25) is 0 Å². The third-order valence-corrected chi connectivity index (χ3v) is 4.24. The summed E-state index contributed by atoms with van der Waals surface area (Å²) < 4.78 is 18.5. The topological polar surface area (TPSA) is 46.6 Å². The molecule has 0 atom stereocenters. The summed E-state index contributed by atoms with van der Waals surface area (Å²) >= 11 is 0. The van der Waals surface area contributed by atoms with Crippen LogP contribution in [0.4, 0.5) is 14.9 Å². The Kier molecular flexibility index (Phi) is 3.20. The molecular formula is C15H16FNO3. The average Bonchev–Trinajstić information content (AvgIpc) is 2.77. The highest BCUT2D eigenvalue weighted by molar-refractivity contribution is 5.90. The zero-order valence-electron chi connectivity index (χ0n) is 11.0. The molecule has 1 aliphatic heterocycles. The largest absolute Gasteiger partial charge is 0.441 e. The lowest BCUT2D eigenvalue weighted by molar-refractivity contribution is -0.113. The smallest absolute Gasteiger partial charge is 0.415 e. The minimum absolute atomic E-state index is 0.0826. The molecule has 4 nitrogen and oxygen atoms in total. The standard InChI is InChI=1S/C15H16FNO3/c16-12-1-3-13(4-2-12)17-10-15(20-14(17)19)7-5-11(9-18)6-8-15/h1-4,9,11H,5-8,10H2/t11-,15-. The van der Waals surface area contributed by atoms with Gasteiger partial charge in [-0.25, -0.2) is 9.18 Å². The summed E-state index contributed by atoms with van der Waals surface area (Å²) in [5.41, 5.74) is 0.163. The first kappa shape index (κ1) is 13.1. The van der Waals surface area contributed by atoms with Gasteiger partial charge in [0.05, 0.1) is 6.54 Å². The first-order valence-electron chi connectivity index (χ1n) is 6.83. The van der Waals surface area contributed by atoms with E-state index in [1.807, 2.05) is 0 Å². The first-order valence-corrected chi connectivity index (χ1v) is 6.83. The van der Waals surface area contributed by atoms with Gasteiger partial charge in [-0.3, -0.25) is 4.90 Å². The van der Waals surface area contributed by atoms with Crippen molar-refractivity contribution in [2.45, 2.75) is 31.3 Å². The fourth-order valence-electron chi connectivity index (χ4n) is 3.01. The van der Waals surface area contributed by atoms with Gasteiger partial charge < -0.3 is 9.53 Å². The molecule has 1 saturated heterocycles. The summed E-state index contributed by atoms with van der Waals surface area (Å²) in [6, 6.07) is 5.81. The predicted molar refractivity (Wildman–Crippen MR) is 71.0 cm³/mol. The number of aldehydes is 1. The molecule has 2 fully saturated rings. The second kappa shape index (κ2) is 4.89. The Labute approximate surface area is 116 Å². The van der Waals surface area contributed by atoms with Crippen molar-refractivity contribution >= 4 is 18.1 Å². The van der Waals surface area contributed by atoms with Gasteiger partial charge in [0.1, 0.15) is 17.7 Å². The summed E-state index contributed by atoms with van der Waals surface area (Å²) in [7, 11) is 0. The van der Waals surface area contributed by atoms with Gasteiger partial charge >= 0.3 is 6.09 Å². The molecule has 0 N–H and O–H groups in total. The molecule has 1 aliphatic carbocycles. The van der Waals surface area contributed by atoms with E-state index in [9.17, 15) is 14.0 Å². The van der Waals surface area contributed by atoms with Crippen LogP contribution < -0.4 is 4.90 Å². The zero-order valence-corrected chi connectivity index (χ0v) is 11.0. The van der Waals surface area contributed by atoms with Crippen LogP contribution in [0.3, 0.4) is 0 Å². The summed E-state index contributed by atoms with van der Waals surface area (Å²) in [5.74, 6) is -0.248. The average molecular weight is 277 g/mol. The number of amides is 1. The van der Waals surface area contributed by atoms with Crippen molar-refractivity contribution in [2.75, 3.05) is 11.4 Å². The summed E-state index contributed by atoms with van der Waals surface area (Å²) in [5, 5.41) is 0. The molecule has 0 unspecified atom stereocenters. The molecule has 0 bridgehead atoms. The SMILES string of the molecule is O=C[C@H]1CC[C@]2(CC1)CN(c1ccc(F)cc1)C(=O)O2. The first-order chi connectivity index (χ1) is 9.62. The highest BCUT2D eigenvalue weighted by Gasteiger charge is 2.47. The van der Waals surface area contributed by atoms with E-state index in [2.05, 4.69) is 0 Å². The number of hydrogen-bond acceptors (Lipinski definition) is 3. The maximum atomic E-state index is 12.9. The van der Waals surface area contributed by atoms with Crippen LogP contribution in [0.25, 0.3) is 0 Å². The molecule has 3 rings (SSSR count). The zero-order chi connectivity index (χ0) is 14.2. The van der Waals surface area contributed by atoms with Gasteiger partial charge in [-0.2, -0.15) is 0 Å².